The molecule has 0 aliphatic heterocycles. The molecule has 0 aliphatic rings. The number of nitrogens with two attached hydrogens (primary N) is 1. The minimum atomic E-state index is -0.828. The van der Waals surface area contributed by atoms with E-state index in [0.717, 1.165) is 12.1 Å². The molecule has 0 aliphatic carbocycles. The second-order valence-electron chi connectivity index (χ2n) is 4.45. The number of hydrogen-bond donors (Lipinski definition) is 1. The number of hydrogen-bond acceptors (Lipinski definition) is 4. The SMILES string of the molecule is COC(=O)CN(c1c(F)cc(C(N)=S)cc1F)C(C)C. The average molecular weight is 302 g/mol. The van der Waals surface area contributed by atoms with Gasteiger partial charge in [0.25, 0.3) is 0 Å². The van der Waals surface area contributed by atoms with Crippen LogP contribution in [0.4, 0.5) is 14.5 Å². The standard InChI is InChI=1S/C13H16F2N2O2S/c1-7(2)17(6-11(18)19-3)12-9(14)4-8(13(16)20)5-10(12)15/h4-5,7H,6H2,1-3H3,(H2,16,20). The number of nitrogens with zero attached hydrogens (tertiary/aromatic N) is 1. The summed E-state index contributed by atoms with van der Waals surface area (Å²) in [5.74, 6) is -2.24. The Hall–Kier alpha value is -1.76. The lowest BCUT2D eigenvalue weighted by Crippen LogP contribution is -2.37. The fourth-order valence-electron chi connectivity index (χ4n) is 1.71. The minimum absolute atomic E-state index is 0.0977. The maximum absolute atomic E-state index is 14.1. The Bertz CT molecular complexity index is 512. The number of methoxy groups -OCH3 is 1. The normalized spacial score (nSPS) is 10.5. The van der Waals surface area contributed by atoms with Crippen molar-refractivity contribution < 1.29 is 18.3 Å². The van der Waals surface area contributed by atoms with Gasteiger partial charge in [0.15, 0.2) is 0 Å². The molecule has 1 aromatic carbocycles. The number of anilines is 1. The Balaban J connectivity index is 3.27. The molecule has 4 nitrogen and oxygen atoms in total. The highest BCUT2D eigenvalue weighted by Gasteiger charge is 2.23. The van der Waals surface area contributed by atoms with Crippen LogP contribution >= 0.6 is 12.2 Å². The van der Waals surface area contributed by atoms with E-state index in [0.29, 0.717) is 0 Å². The predicted octanol–water partition coefficient (Wildman–Crippen LogP) is 1.99. The number of benzene rings is 1. The van der Waals surface area contributed by atoms with Crippen LogP contribution in [0.2, 0.25) is 0 Å². The van der Waals surface area contributed by atoms with E-state index < -0.39 is 17.6 Å². The summed E-state index contributed by atoms with van der Waals surface area (Å²) in [6.45, 7) is 3.17. The average Bonchev–Trinajstić information content (AvgIpc) is 2.35. The molecule has 0 saturated carbocycles. The van der Waals surface area contributed by atoms with Crippen molar-refractivity contribution in [1.29, 1.82) is 0 Å². The molecule has 0 aromatic heterocycles. The van der Waals surface area contributed by atoms with Crippen molar-refractivity contribution in [2.45, 2.75) is 19.9 Å². The smallest absolute Gasteiger partial charge is 0.325 e. The molecule has 110 valence electrons. The first-order valence-corrected chi connectivity index (χ1v) is 6.31. The van der Waals surface area contributed by atoms with Gasteiger partial charge in [-0.3, -0.25) is 4.79 Å². The first kappa shape index (κ1) is 16.3. The molecule has 0 spiro atoms. The van der Waals surface area contributed by atoms with Crippen LogP contribution in [0.1, 0.15) is 19.4 Å². The Kier molecular flexibility index (Phi) is 5.38. The van der Waals surface area contributed by atoms with E-state index in [2.05, 4.69) is 17.0 Å². The first-order chi connectivity index (χ1) is 9.27. The first-order valence-electron chi connectivity index (χ1n) is 5.90. The lowest BCUT2D eigenvalue weighted by atomic mass is 10.1. The van der Waals surface area contributed by atoms with E-state index in [9.17, 15) is 13.6 Å². The second kappa shape index (κ2) is 6.60. The monoisotopic (exact) mass is 302 g/mol. The molecule has 0 fully saturated rings. The molecule has 0 bridgehead atoms. The molecule has 2 N–H and O–H groups in total. The summed E-state index contributed by atoms with van der Waals surface area (Å²) in [5.41, 5.74) is 5.15. The zero-order valence-corrected chi connectivity index (χ0v) is 12.3. The highest BCUT2D eigenvalue weighted by molar-refractivity contribution is 7.80. The van der Waals surface area contributed by atoms with Gasteiger partial charge in [-0.1, -0.05) is 12.2 Å². The summed E-state index contributed by atoms with van der Waals surface area (Å²) < 4.78 is 32.7. The molecule has 1 rings (SSSR count). The third kappa shape index (κ3) is 3.63. The molecule has 1 aromatic rings. The number of thiocarbonyl (C=S) groups is 1. The maximum atomic E-state index is 14.1. The molecular formula is C13H16F2N2O2S. The quantitative estimate of drug-likeness (QED) is 0.666. The Morgan fingerprint density at radius 3 is 2.25 bits per heavy atom. The summed E-state index contributed by atoms with van der Waals surface area (Å²) in [4.78, 5) is 12.5. The van der Waals surface area contributed by atoms with Crippen LogP contribution in [-0.2, 0) is 9.53 Å². The zero-order chi connectivity index (χ0) is 15.4. The van der Waals surface area contributed by atoms with Gasteiger partial charge in [0.05, 0.1) is 7.11 Å². The third-order valence-corrected chi connectivity index (χ3v) is 2.97. The van der Waals surface area contributed by atoms with E-state index in [1.165, 1.54) is 12.0 Å². The van der Waals surface area contributed by atoms with Crippen molar-refractivity contribution in [3.63, 3.8) is 0 Å². The number of carbonyl (C=O) groups is 1. The fraction of sp³-hybridized carbons (Fsp3) is 0.385. The Morgan fingerprint density at radius 2 is 1.90 bits per heavy atom. The number of carbonyl (C=O) groups excluding carboxylic acids is 1. The van der Waals surface area contributed by atoms with Crippen LogP contribution < -0.4 is 10.6 Å². The van der Waals surface area contributed by atoms with E-state index in [1.807, 2.05) is 0 Å². The van der Waals surface area contributed by atoms with E-state index in [4.69, 9.17) is 5.73 Å². The van der Waals surface area contributed by atoms with Crippen LogP contribution in [0.5, 0.6) is 0 Å². The van der Waals surface area contributed by atoms with E-state index in [-0.39, 0.29) is 28.8 Å². The van der Waals surface area contributed by atoms with Crippen LogP contribution in [0.25, 0.3) is 0 Å². The summed E-state index contributed by atoms with van der Waals surface area (Å²) >= 11 is 4.69. The van der Waals surface area contributed by atoms with Gasteiger partial charge in [-0.05, 0) is 26.0 Å². The van der Waals surface area contributed by atoms with Crippen molar-refractivity contribution >= 4 is 28.9 Å². The molecule has 0 unspecified atom stereocenters. The molecule has 0 amide bonds. The molecule has 20 heavy (non-hydrogen) atoms. The van der Waals surface area contributed by atoms with Gasteiger partial charge < -0.3 is 15.4 Å². The Labute approximate surface area is 121 Å². The van der Waals surface area contributed by atoms with Gasteiger partial charge in [0, 0.05) is 11.6 Å². The molecular weight excluding hydrogens is 286 g/mol. The van der Waals surface area contributed by atoms with E-state index in [1.54, 1.807) is 13.8 Å². The van der Waals surface area contributed by atoms with Crippen LogP contribution in [0.15, 0.2) is 12.1 Å². The number of rotatable bonds is 5. The van der Waals surface area contributed by atoms with Crippen molar-refractivity contribution in [3.8, 4) is 0 Å². The summed E-state index contributed by atoms with van der Waals surface area (Å²) in [7, 11) is 1.21. The Morgan fingerprint density at radius 1 is 1.40 bits per heavy atom. The minimum Gasteiger partial charge on any atom is -0.468 e. The molecule has 7 heteroatoms. The summed E-state index contributed by atoms with van der Waals surface area (Å²) in [6, 6.07) is 1.80. The van der Waals surface area contributed by atoms with Gasteiger partial charge in [-0.15, -0.1) is 0 Å². The molecule has 0 radical (unpaired) electrons. The maximum Gasteiger partial charge on any atom is 0.325 e. The summed E-state index contributed by atoms with van der Waals surface area (Å²) in [5, 5.41) is 0. The number of esters is 1. The van der Waals surface area contributed by atoms with Crippen LogP contribution in [0.3, 0.4) is 0 Å². The van der Waals surface area contributed by atoms with Gasteiger partial charge >= 0.3 is 5.97 Å². The van der Waals surface area contributed by atoms with Gasteiger partial charge in [0.1, 0.15) is 28.9 Å². The highest BCUT2D eigenvalue weighted by Crippen LogP contribution is 2.26. The van der Waals surface area contributed by atoms with Gasteiger partial charge in [-0.25, -0.2) is 8.78 Å². The lowest BCUT2D eigenvalue weighted by Gasteiger charge is -2.28. The third-order valence-electron chi connectivity index (χ3n) is 2.74. The van der Waals surface area contributed by atoms with Crippen molar-refractivity contribution in [2.24, 2.45) is 5.73 Å². The fourth-order valence-corrected chi connectivity index (χ4v) is 1.82. The number of halogens is 2. The van der Waals surface area contributed by atoms with Crippen molar-refractivity contribution in [3.05, 3.63) is 29.3 Å². The highest BCUT2D eigenvalue weighted by atomic mass is 32.1. The van der Waals surface area contributed by atoms with Crippen molar-refractivity contribution in [1.82, 2.24) is 0 Å². The van der Waals surface area contributed by atoms with Crippen LogP contribution in [0, 0.1) is 11.6 Å². The van der Waals surface area contributed by atoms with Crippen molar-refractivity contribution in [2.75, 3.05) is 18.6 Å². The largest absolute Gasteiger partial charge is 0.468 e. The zero-order valence-electron chi connectivity index (χ0n) is 11.4. The second-order valence-corrected chi connectivity index (χ2v) is 4.89. The lowest BCUT2D eigenvalue weighted by molar-refractivity contribution is -0.139. The predicted molar refractivity (Wildman–Crippen MR) is 76.7 cm³/mol. The van der Waals surface area contributed by atoms with Gasteiger partial charge in [0.2, 0.25) is 0 Å². The van der Waals surface area contributed by atoms with E-state index >= 15 is 0 Å². The molecule has 0 heterocycles. The van der Waals surface area contributed by atoms with Crippen LogP contribution in [-0.4, -0.2) is 30.7 Å². The summed E-state index contributed by atoms with van der Waals surface area (Å²) in [6.07, 6.45) is 0. The van der Waals surface area contributed by atoms with Gasteiger partial charge in [-0.2, -0.15) is 0 Å². The molecule has 0 atom stereocenters. The number of ether oxygens (including phenoxy) is 1. The topological polar surface area (TPSA) is 55.6 Å². The molecule has 0 saturated heterocycles.